The molecule has 0 aliphatic rings. The number of halogens is 4. The van der Waals surface area contributed by atoms with Gasteiger partial charge in [-0.25, -0.2) is 0 Å². The van der Waals surface area contributed by atoms with Crippen molar-refractivity contribution in [3.63, 3.8) is 0 Å². The van der Waals surface area contributed by atoms with Crippen LogP contribution in [0.4, 0.5) is 23.0 Å². The molecule has 1 aromatic carbocycles. The van der Waals surface area contributed by atoms with E-state index in [0.29, 0.717) is 11.3 Å². The molecule has 0 saturated heterocycles. The smallest absolute Gasteiger partial charge is 0.418 e. The van der Waals surface area contributed by atoms with Gasteiger partial charge in [-0.3, -0.25) is 0 Å². The Bertz CT molecular complexity index is 673. The normalized spacial score (nSPS) is 8.76. The summed E-state index contributed by atoms with van der Waals surface area (Å²) < 4.78 is 39.0. The Morgan fingerprint density at radius 3 is 1.62 bits per heavy atom. The molecule has 5 nitrogen and oxygen atoms in total. The van der Waals surface area contributed by atoms with Crippen molar-refractivity contribution in [1.82, 2.24) is 0 Å². The van der Waals surface area contributed by atoms with Crippen LogP contribution in [0.25, 0.3) is 10.5 Å². The fraction of sp³-hybridized carbons (Fsp3) is 0. The van der Waals surface area contributed by atoms with E-state index in [-0.39, 0.29) is 11.1 Å². The van der Waals surface area contributed by atoms with Crippen LogP contribution in [0.15, 0.2) is 29.8 Å². The van der Waals surface area contributed by atoms with Crippen LogP contribution in [-0.2, 0) is 0 Å². The van der Waals surface area contributed by atoms with Gasteiger partial charge in [-0.1, -0.05) is 0 Å². The average Bonchev–Trinajstić information content (AvgIpc) is 2.43. The summed E-state index contributed by atoms with van der Waals surface area (Å²) in [6, 6.07) is 11.1. The van der Waals surface area contributed by atoms with Gasteiger partial charge in [-0.2, -0.15) is 15.8 Å². The molecule has 0 aromatic heterocycles. The van der Waals surface area contributed by atoms with Gasteiger partial charge in [-0.05, 0) is 17.7 Å². The van der Waals surface area contributed by atoms with E-state index in [1.807, 2.05) is 0 Å². The van der Waals surface area contributed by atoms with Crippen molar-refractivity contribution in [3.8, 4) is 18.2 Å². The molecule has 0 unspecified atom stereocenters. The second kappa shape index (κ2) is 7.94. The van der Waals surface area contributed by atoms with Crippen LogP contribution in [0.3, 0.4) is 0 Å². The Balaban J connectivity index is 0.000000690. The summed E-state index contributed by atoms with van der Waals surface area (Å²) in [6.45, 7) is 0. The third-order valence-corrected chi connectivity index (χ3v) is 1.86. The van der Waals surface area contributed by atoms with Crippen molar-refractivity contribution in [2.24, 2.45) is 0 Å². The number of rotatable bonds is 1. The van der Waals surface area contributed by atoms with E-state index in [9.17, 15) is 17.3 Å². The highest BCUT2D eigenvalue weighted by Gasteiger charge is 2.20. The van der Waals surface area contributed by atoms with Crippen LogP contribution in [0.2, 0.25) is 0 Å². The maximum absolute atomic E-state index is 9.75. The summed E-state index contributed by atoms with van der Waals surface area (Å²) in [5.74, 6) is 0. The highest BCUT2D eigenvalue weighted by atomic mass is 19.5. The Kier molecular flexibility index (Phi) is 6.67. The first kappa shape index (κ1) is 17.6. The summed E-state index contributed by atoms with van der Waals surface area (Å²) >= 11 is 0. The van der Waals surface area contributed by atoms with Gasteiger partial charge in [0.25, 0.3) is 0 Å². The second-order valence-corrected chi connectivity index (χ2v) is 3.23. The average molecular weight is 293 g/mol. The molecule has 0 fully saturated rings. The number of allylic oxidation sites excluding steroid dienone is 2. The molecule has 0 spiro atoms. The third-order valence-electron chi connectivity index (χ3n) is 1.86. The maximum atomic E-state index is 9.75. The molecule has 0 saturated carbocycles. The lowest BCUT2D eigenvalue weighted by Crippen LogP contribution is -2.02. The zero-order valence-electron chi connectivity index (χ0n) is 10.1. The van der Waals surface area contributed by atoms with Crippen molar-refractivity contribution >= 4 is 18.5 Å². The Hall–Kier alpha value is -3.37. The molecule has 0 atom stereocenters. The molecule has 0 aliphatic heterocycles. The Morgan fingerprint density at radius 1 is 0.905 bits per heavy atom. The molecular formula is C11H4BF4N5. The van der Waals surface area contributed by atoms with E-state index >= 15 is 0 Å². The van der Waals surface area contributed by atoms with Crippen molar-refractivity contribution in [3.05, 3.63) is 40.4 Å². The van der Waals surface area contributed by atoms with Gasteiger partial charge in [0.15, 0.2) is 4.98 Å². The monoisotopic (exact) mass is 293 g/mol. The van der Waals surface area contributed by atoms with Crippen molar-refractivity contribution < 1.29 is 17.3 Å². The standard InChI is InChI=1S/C11H4N5.BF4/c12-5-9(6-13)11(7-14)8-1-3-10(16-15)4-2-8;2-1(3,4)5/h1-4H;/q+1;-1. The zero-order valence-corrected chi connectivity index (χ0v) is 10.1. The van der Waals surface area contributed by atoms with E-state index in [4.69, 9.17) is 21.2 Å². The van der Waals surface area contributed by atoms with Gasteiger partial charge in [0, 0.05) is 12.1 Å². The van der Waals surface area contributed by atoms with Gasteiger partial charge in [0.2, 0.25) is 5.39 Å². The highest BCUT2D eigenvalue weighted by molar-refractivity contribution is 6.50. The van der Waals surface area contributed by atoms with Crippen molar-refractivity contribution in [2.45, 2.75) is 0 Å². The molecule has 0 radical (unpaired) electrons. The molecule has 0 aliphatic carbocycles. The summed E-state index contributed by atoms with van der Waals surface area (Å²) in [5, 5.41) is 34.6. The number of hydrogen-bond acceptors (Lipinski definition) is 4. The highest BCUT2D eigenvalue weighted by Crippen LogP contribution is 2.21. The topological polar surface area (TPSA) is 99.5 Å². The van der Waals surface area contributed by atoms with Crippen LogP contribution < -0.4 is 0 Å². The number of nitrogens with zero attached hydrogens (tertiary/aromatic N) is 5. The second-order valence-electron chi connectivity index (χ2n) is 3.23. The first-order valence-corrected chi connectivity index (χ1v) is 5.04. The van der Waals surface area contributed by atoms with Crippen molar-refractivity contribution in [1.29, 1.82) is 21.2 Å². The van der Waals surface area contributed by atoms with E-state index in [1.165, 1.54) is 24.3 Å². The van der Waals surface area contributed by atoms with E-state index in [2.05, 4.69) is 4.98 Å². The molecule has 0 N–H and O–H groups in total. The van der Waals surface area contributed by atoms with Crippen LogP contribution in [0, 0.1) is 39.4 Å². The number of diazo groups is 1. The van der Waals surface area contributed by atoms with Crippen molar-refractivity contribution in [2.75, 3.05) is 0 Å². The first-order valence-electron chi connectivity index (χ1n) is 5.04. The van der Waals surface area contributed by atoms with Gasteiger partial charge in [-0.15, -0.1) is 0 Å². The number of nitriles is 3. The molecule has 104 valence electrons. The molecule has 0 amide bonds. The Morgan fingerprint density at radius 2 is 1.33 bits per heavy atom. The van der Waals surface area contributed by atoms with Gasteiger partial charge >= 0.3 is 12.9 Å². The third kappa shape index (κ3) is 6.95. The van der Waals surface area contributed by atoms with Crippen LogP contribution in [-0.4, -0.2) is 7.25 Å². The van der Waals surface area contributed by atoms with Crippen LogP contribution >= 0.6 is 0 Å². The lowest BCUT2D eigenvalue weighted by atomic mass is 10.0. The first-order chi connectivity index (χ1) is 9.76. The largest absolute Gasteiger partial charge is 0.673 e. The fourth-order valence-electron chi connectivity index (χ4n) is 1.10. The van der Waals surface area contributed by atoms with Gasteiger partial charge < -0.3 is 17.3 Å². The lowest BCUT2D eigenvalue weighted by Gasteiger charge is -1.95. The molecule has 0 bridgehead atoms. The fourth-order valence-corrected chi connectivity index (χ4v) is 1.10. The molecular weight excluding hydrogens is 289 g/mol. The SMILES string of the molecule is F[B-](F)(F)F.N#CC(C#N)=C(C#N)c1ccc([N+]#N)cc1. The Labute approximate surface area is 116 Å². The maximum Gasteiger partial charge on any atom is 0.673 e. The summed E-state index contributed by atoms with van der Waals surface area (Å²) in [6.07, 6.45) is 0. The minimum Gasteiger partial charge on any atom is -0.418 e. The number of benzene rings is 1. The molecule has 10 heteroatoms. The summed E-state index contributed by atoms with van der Waals surface area (Å²) in [4.78, 5) is 2.95. The minimum absolute atomic E-state index is 0.00879. The predicted molar refractivity (Wildman–Crippen MR) is 65.1 cm³/mol. The zero-order chi connectivity index (χ0) is 16.5. The summed E-state index contributed by atoms with van der Waals surface area (Å²) in [5.41, 5.74) is 0.537. The van der Waals surface area contributed by atoms with Gasteiger partial charge in [0.1, 0.15) is 23.8 Å². The molecule has 0 heterocycles. The van der Waals surface area contributed by atoms with Crippen LogP contribution in [0.5, 0.6) is 0 Å². The molecule has 1 aromatic rings. The van der Waals surface area contributed by atoms with E-state index < -0.39 is 7.25 Å². The lowest BCUT2D eigenvalue weighted by molar-refractivity contribution is 0.368. The molecule has 1 rings (SSSR count). The predicted octanol–water partition coefficient (Wildman–Crippen LogP) is 3.80. The quantitative estimate of drug-likeness (QED) is 0.340. The van der Waals surface area contributed by atoms with E-state index in [0.717, 1.165) is 0 Å². The minimum atomic E-state index is -6.00. The van der Waals surface area contributed by atoms with Crippen LogP contribution in [0.1, 0.15) is 5.56 Å². The van der Waals surface area contributed by atoms with E-state index in [1.54, 1.807) is 18.2 Å². The molecule has 21 heavy (non-hydrogen) atoms. The summed E-state index contributed by atoms with van der Waals surface area (Å²) in [7, 11) is -6.00. The number of hydrogen-bond donors (Lipinski definition) is 0. The van der Waals surface area contributed by atoms with Gasteiger partial charge in [0.05, 0.1) is 5.57 Å².